The first-order valence-electron chi connectivity index (χ1n) is 10.4. The van der Waals surface area contributed by atoms with E-state index < -0.39 is 22.6 Å². The van der Waals surface area contributed by atoms with Crippen molar-refractivity contribution in [2.24, 2.45) is 0 Å². The first kappa shape index (κ1) is 23.7. The molecule has 8 nitrogen and oxygen atoms in total. The van der Waals surface area contributed by atoms with Gasteiger partial charge in [0.2, 0.25) is 0 Å². The number of carbonyl (C=O) groups excluding carboxylic acids is 2. The number of aryl methyl sites for hydroxylation is 2. The number of ether oxygens (including phenoxy) is 2. The van der Waals surface area contributed by atoms with Crippen molar-refractivity contribution in [3.8, 4) is 0 Å². The van der Waals surface area contributed by atoms with Crippen LogP contribution in [0, 0.1) is 13.8 Å². The van der Waals surface area contributed by atoms with Crippen LogP contribution in [0.1, 0.15) is 35.3 Å². The number of amides is 1. The average molecular weight is 461 g/mol. The second kappa shape index (κ2) is 9.70. The van der Waals surface area contributed by atoms with E-state index in [0.717, 1.165) is 5.56 Å². The van der Waals surface area contributed by atoms with Crippen LogP contribution in [0.3, 0.4) is 0 Å². The van der Waals surface area contributed by atoms with Gasteiger partial charge >= 0.3 is 5.97 Å². The molecule has 0 aromatic heterocycles. The highest BCUT2D eigenvalue weighted by molar-refractivity contribution is 7.92. The maximum atomic E-state index is 12.9. The van der Waals surface area contributed by atoms with Crippen molar-refractivity contribution in [2.45, 2.75) is 44.8 Å². The van der Waals surface area contributed by atoms with Gasteiger partial charge < -0.3 is 14.4 Å². The molecular weight excluding hydrogens is 432 g/mol. The largest absolute Gasteiger partial charge is 0.452 e. The SMILES string of the molecule is Cc1ccc(C)c(S(=O)(=O)Nc2ccccc2C(=O)OCC(=O)N2CC(C)OC(C)C2)c1. The third kappa shape index (κ3) is 5.66. The first-order valence-corrected chi connectivity index (χ1v) is 11.8. The summed E-state index contributed by atoms with van der Waals surface area (Å²) >= 11 is 0. The van der Waals surface area contributed by atoms with Crippen LogP contribution < -0.4 is 4.72 Å². The van der Waals surface area contributed by atoms with Gasteiger partial charge in [-0.15, -0.1) is 0 Å². The smallest absolute Gasteiger partial charge is 0.340 e. The van der Waals surface area contributed by atoms with Crippen molar-refractivity contribution in [1.29, 1.82) is 0 Å². The van der Waals surface area contributed by atoms with Gasteiger partial charge in [-0.25, -0.2) is 13.2 Å². The third-order valence-corrected chi connectivity index (χ3v) is 6.63. The molecule has 9 heteroatoms. The quantitative estimate of drug-likeness (QED) is 0.665. The minimum Gasteiger partial charge on any atom is -0.452 e. The lowest BCUT2D eigenvalue weighted by atomic mass is 10.2. The molecule has 0 saturated carbocycles. The monoisotopic (exact) mass is 460 g/mol. The minimum absolute atomic E-state index is 0.0258. The van der Waals surface area contributed by atoms with E-state index in [0.29, 0.717) is 18.7 Å². The molecule has 2 aromatic rings. The van der Waals surface area contributed by atoms with Crippen LogP contribution in [0.2, 0.25) is 0 Å². The van der Waals surface area contributed by atoms with E-state index in [-0.39, 0.29) is 34.3 Å². The molecule has 32 heavy (non-hydrogen) atoms. The van der Waals surface area contributed by atoms with Gasteiger partial charge in [-0.05, 0) is 57.0 Å². The number of morpholine rings is 1. The molecule has 1 saturated heterocycles. The summed E-state index contributed by atoms with van der Waals surface area (Å²) in [6, 6.07) is 11.3. The van der Waals surface area contributed by atoms with Gasteiger partial charge in [0.15, 0.2) is 6.61 Å². The van der Waals surface area contributed by atoms with Gasteiger partial charge in [-0.2, -0.15) is 0 Å². The summed E-state index contributed by atoms with van der Waals surface area (Å²) in [5.74, 6) is -1.11. The Morgan fingerprint density at radius 2 is 1.75 bits per heavy atom. The number of carbonyl (C=O) groups is 2. The van der Waals surface area contributed by atoms with Gasteiger partial charge in [0.05, 0.1) is 28.4 Å². The van der Waals surface area contributed by atoms with E-state index >= 15 is 0 Å². The van der Waals surface area contributed by atoms with Gasteiger partial charge in [0, 0.05) is 13.1 Å². The second-order valence-electron chi connectivity index (χ2n) is 8.05. The number of nitrogens with one attached hydrogen (secondary N) is 1. The zero-order valence-corrected chi connectivity index (χ0v) is 19.4. The molecule has 2 aromatic carbocycles. The summed E-state index contributed by atoms with van der Waals surface area (Å²) in [6.45, 7) is 7.67. The standard InChI is InChI=1S/C23H28N2O6S/c1-15-9-10-16(2)21(11-15)32(28,29)24-20-8-6-5-7-19(20)23(27)30-14-22(26)25-12-17(3)31-18(4)13-25/h5-11,17-18,24H,12-14H2,1-4H3. The van der Waals surface area contributed by atoms with E-state index in [9.17, 15) is 18.0 Å². The van der Waals surface area contributed by atoms with Gasteiger partial charge in [-0.1, -0.05) is 24.3 Å². The van der Waals surface area contributed by atoms with Crippen molar-refractivity contribution >= 4 is 27.6 Å². The Morgan fingerprint density at radius 3 is 2.44 bits per heavy atom. The zero-order chi connectivity index (χ0) is 23.5. The van der Waals surface area contributed by atoms with E-state index in [1.54, 1.807) is 43.0 Å². The molecule has 2 unspecified atom stereocenters. The molecule has 0 bridgehead atoms. The molecular formula is C23H28N2O6S. The lowest BCUT2D eigenvalue weighted by molar-refractivity contribution is -0.146. The van der Waals surface area contributed by atoms with E-state index in [1.807, 2.05) is 19.9 Å². The predicted octanol–water partition coefficient (Wildman–Crippen LogP) is 2.90. The molecule has 1 fully saturated rings. The highest BCUT2D eigenvalue weighted by Gasteiger charge is 2.27. The lowest BCUT2D eigenvalue weighted by Crippen LogP contribution is -2.49. The van der Waals surface area contributed by atoms with Gasteiger partial charge in [0.25, 0.3) is 15.9 Å². The predicted molar refractivity (Wildman–Crippen MR) is 120 cm³/mol. The summed E-state index contributed by atoms with van der Waals surface area (Å²) in [5, 5.41) is 0. The van der Waals surface area contributed by atoms with Crippen molar-refractivity contribution in [3.05, 3.63) is 59.2 Å². The Bertz CT molecular complexity index is 1110. The molecule has 1 amide bonds. The van der Waals surface area contributed by atoms with Gasteiger partial charge in [-0.3, -0.25) is 9.52 Å². The Kier molecular flexibility index (Phi) is 7.20. The Balaban J connectivity index is 1.72. The molecule has 1 N–H and O–H groups in total. The fourth-order valence-electron chi connectivity index (χ4n) is 3.62. The Morgan fingerprint density at radius 1 is 1.09 bits per heavy atom. The molecule has 2 atom stereocenters. The number of nitrogens with zero attached hydrogens (tertiary/aromatic N) is 1. The molecule has 1 heterocycles. The number of sulfonamides is 1. The maximum Gasteiger partial charge on any atom is 0.340 e. The van der Waals surface area contributed by atoms with Gasteiger partial charge in [0.1, 0.15) is 0 Å². The number of benzene rings is 2. The fraction of sp³-hybridized carbons (Fsp3) is 0.391. The van der Waals surface area contributed by atoms with E-state index in [2.05, 4.69) is 4.72 Å². The fourth-order valence-corrected chi connectivity index (χ4v) is 5.03. The van der Waals surface area contributed by atoms with E-state index in [1.165, 1.54) is 12.1 Å². The molecule has 172 valence electrons. The van der Waals surface area contributed by atoms with Crippen molar-refractivity contribution < 1.29 is 27.5 Å². The molecule has 0 spiro atoms. The van der Waals surface area contributed by atoms with Crippen LogP contribution in [-0.4, -0.2) is 57.1 Å². The molecule has 0 aliphatic carbocycles. The highest BCUT2D eigenvalue weighted by Crippen LogP contribution is 2.23. The third-order valence-electron chi connectivity index (χ3n) is 5.12. The first-order chi connectivity index (χ1) is 15.1. The van der Waals surface area contributed by atoms with Crippen LogP contribution >= 0.6 is 0 Å². The Labute approximate surface area is 188 Å². The second-order valence-corrected chi connectivity index (χ2v) is 9.70. The van der Waals surface area contributed by atoms with E-state index in [4.69, 9.17) is 9.47 Å². The number of anilines is 1. The van der Waals surface area contributed by atoms with Crippen LogP contribution in [0.5, 0.6) is 0 Å². The lowest BCUT2D eigenvalue weighted by Gasteiger charge is -2.35. The number of esters is 1. The number of hydrogen-bond donors (Lipinski definition) is 1. The number of rotatable bonds is 6. The van der Waals surface area contributed by atoms with Crippen LogP contribution in [-0.2, 0) is 24.3 Å². The van der Waals surface area contributed by atoms with Crippen LogP contribution in [0.15, 0.2) is 47.4 Å². The molecule has 1 aliphatic heterocycles. The van der Waals surface area contributed by atoms with Crippen molar-refractivity contribution in [1.82, 2.24) is 4.90 Å². The van der Waals surface area contributed by atoms with Crippen LogP contribution in [0.4, 0.5) is 5.69 Å². The molecule has 1 aliphatic rings. The highest BCUT2D eigenvalue weighted by atomic mass is 32.2. The number of hydrogen-bond acceptors (Lipinski definition) is 6. The maximum absolute atomic E-state index is 12.9. The molecule has 0 radical (unpaired) electrons. The summed E-state index contributed by atoms with van der Waals surface area (Å²) in [6.07, 6.45) is -0.197. The summed E-state index contributed by atoms with van der Waals surface area (Å²) in [5.41, 5.74) is 1.49. The topological polar surface area (TPSA) is 102 Å². The van der Waals surface area contributed by atoms with Crippen molar-refractivity contribution in [2.75, 3.05) is 24.4 Å². The van der Waals surface area contributed by atoms with Crippen molar-refractivity contribution in [3.63, 3.8) is 0 Å². The number of para-hydroxylation sites is 1. The minimum atomic E-state index is -3.93. The summed E-state index contributed by atoms with van der Waals surface area (Å²) in [4.78, 5) is 26.9. The Hall–Kier alpha value is -2.91. The summed E-state index contributed by atoms with van der Waals surface area (Å²) in [7, 11) is -3.93. The van der Waals surface area contributed by atoms with Crippen LogP contribution in [0.25, 0.3) is 0 Å². The normalized spacial score (nSPS) is 18.8. The molecule has 3 rings (SSSR count). The average Bonchev–Trinajstić information content (AvgIpc) is 2.72. The summed E-state index contributed by atoms with van der Waals surface area (Å²) < 4.78 is 39.2. The zero-order valence-electron chi connectivity index (χ0n) is 18.6.